The molecule has 39 heavy (non-hydrogen) atoms. The Hall–Kier alpha value is -0.953. The summed E-state index contributed by atoms with van der Waals surface area (Å²) in [5.41, 5.74) is 2.07. The Labute approximate surface area is 243 Å². The molecule has 0 aliphatic carbocycles. The van der Waals surface area contributed by atoms with Crippen LogP contribution in [0.1, 0.15) is 136 Å². The van der Waals surface area contributed by atoms with Crippen LogP contribution in [0.4, 0.5) is 0 Å². The van der Waals surface area contributed by atoms with Gasteiger partial charge in [0.15, 0.2) is 13.4 Å². The van der Waals surface area contributed by atoms with Gasteiger partial charge in [-0.2, -0.15) is 0 Å². The van der Waals surface area contributed by atoms with Crippen molar-refractivity contribution in [3.05, 3.63) is 52.2 Å². The smallest absolute Gasteiger partial charge is 0.106 e. The zero-order chi connectivity index (χ0) is 26.7. The van der Waals surface area contributed by atoms with Gasteiger partial charge in [0.2, 0.25) is 0 Å². The van der Waals surface area contributed by atoms with E-state index in [9.17, 15) is 0 Å². The maximum Gasteiger partial charge on any atom is 0.176 e. The summed E-state index contributed by atoms with van der Waals surface area (Å²) in [6.07, 6.45) is 30.8. The fraction of sp³-hybridized carbons (Fsp3) is 0.722. The SMILES string of the molecule is CCCC/C=C(\B1C2CCCC1CCC2)[Si]1(c2ccccc2)CCC(B2C3CCCC2CCC3)=C1CCCC. The molecule has 0 amide bonds. The normalized spacial score (nSPS) is 33.1. The highest BCUT2D eigenvalue weighted by atomic mass is 28.3. The maximum absolute atomic E-state index is 2.95. The first-order valence-corrected chi connectivity index (χ1v) is 20.0. The summed E-state index contributed by atoms with van der Waals surface area (Å²) in [7, 11) is -1.96. The zero-order valence-corrected chi connectivity index (χ0v) is 26.6. The molecule has 210 valence electrons. The first-order chi connectivity index (χ1) is 19.3. The Balaban J connectivity index is 1.53. The van der Waals surface area contributed by atoms with E-state index in [-0.39, 0.29) is 0 Å². The summed E-state index contributed by atoms with van der Waals surface area (Å²) in [6, 6.07) is 13.8. The average Bonchev–Trinajstić information content (AvgIpc) is 3.33. The molecule has 4 bridgehead atoms. The number of benzene rings is 1. The fourth-order valence-electron chi connectivity index (χ4n) is 11.0. The molecular formula is C36H56B2Si. The van der Waals surface area contributed by atoms with Crippen LogP contribution in [-0.2, 0) is 0 Å². The Morgan fingerprint density at radius 3 is 1.90 bits per heavy atom. The molecule has 0 N–H and O–H groups in total. The number of allylic oxidation sites excluding steroid dienone is 3. The Morgan fingerprint density at radius 1 is 0.769 bits per heavy atom. The van der Waals surface area contributed by atoms with Crippen LogP contribution in [0.5, 0.6) is 0 Å². The summed E-state index contributed by atoms with van der Waals surface area (Å²) in [5.74, 6) is 3.96. The van der Waals surface area contributed by atoms with Crippen LogP contribution < -0.4 is 5.19 Å². The van der Waals surface area contributed by atoms with Crippen molar-refractivity contribution in [2.75, 3.05) is 0 Å². The quantitative estimate of drug-likeness (QED) is 0.205. The van der Waals surface area contributed by atoms with Crippen LogP contribution in [-0.4, -0.2) is 21.5 Å². The molecule has 3 heteroatoms. The van der Waals surface area contributed by atoms with Gasteiger partial charge >= 0.3 is 0 Å². The molecular weight excluding hydrogens is 482 g/mol. The van der Waals surface area contributed by atoms with E-state index in [2.05, 4.69) is 66.0 Å². The van der Waals surface area contributed by atoms with Crippen LogP contribution in [0.15, 0.2) is 52.2 Å². The summed E-state index contributed by atoms with van der Waals surface area (Å²) >= 11 is 0. The third-order valence-electron chi connectivity index (χ3n) is 12.5. The van der Waals surface area contributed by atoms with Gasteiger partial charge < -0.3 is 0 Å². The molecule has 6 rings (SSSR count). The van der Waals surface area contributed by atoms with Crippen LogP contribution >= 0.6 is 0 Å². The largest absolute Gasteiger partial charge is 0.176 e. The van der Waals surface area contributed by atoms with Crippen molar-refractivity contribution >= 4 is 26.7 Å². The van der Waals surface area contributed by atoms with Crippen molar-refractivity contribution in [3.63, 3.8) is 0 Å². The van der Waals surface area contributed by atoms with E-state index < -0.39 is 8.07 Å². The van der Waals surface area contributed by atoms with Crippen LogP contribution in [0.2, 0.25) is 29.3 Å². The average molecular weight is 539 g/mol. The summed E-state index contributed by atoms with van der Waals surface area (Å²) in [6.45, 7) is 6.69. The van der Waals surface area contributed by atoms with E-state index in [4.69, 9.17) is 0 Å². The highest BCUT2D eigenvalue weighted by Gasteiger charge is 2.55. The lowest BCUT2D eigenvalue weighted by Crippen LogP contribution is -2.57. The van der Waals surface area contributed by atoms with Crippen LogP contribution in [0.25, 0.3) is 0 Å². The Kier molecular flexibility index (Phi) is 9.33. The zero-order valence-electron chi connectivity index (χ0n) is 25.6. The van der Waals surface area contributed by atoms with E-state index in [1.54, 1.807) is 5.19 Å². The van der Waals surface area contributed by atoms with Crippen LogP contribution in [0, 0.1) is 0 Å². The van der Waals surface area contributed by atoms with E-state index >= 15 is 0 Å². The van der Waals surface area contributed by atoms with Gasteiger partial charge in [0.05, 0.1) is 0 Å². The molecule has 0 spiro atoms. The molecule has 1 unspecified atom stereocenters. The van der Waals surface area contributed by atoms with Gasteiger partial charge in [-0.05, 0) is 25.3 Å². The van der Waals surface area contributed by atoms with Gasteiger partial charge in [-0.15, -0.1) is 10.6 Å². The molecule has 5 heterocycles. The van der Waals surface area contributed by atoms with Crippen molar-refractivity contribution in [3.8, 4) is 0 Å². The third-order valence-corrected chi connectivity index (χ3v) is 18.0. The highest BCUT2D eigenvalue weighted by Crippen LogP contribution is 2.57. The van der Waals surface area contributed by atoms with E-state index in [1.807, 2.05) is 0 Å². The first kappa shape index (κ1) is 28.2. The van der Waals surface area contributed by atoms with Gasteiger partial charge in [-0.1, -0.05) is 187 Å². The van der Waals surface area contributed by atoms with Crippen molar-refractivity contribution in [2.45, 2.75) is 165 Å². The minimum atomic E-state index is -1.96. The summed E-state index contributed by atoms with van der Waals surface area (Å²) in [5, 5.41) is 5.99. The summed E-state index contributed by atoms with van der Waals surface area (Å²) < 4.78 is 0. The van der Waals surface area contributed by atoms with Gasteiger partial charge in [-0.25, -0.2) is 0 Å². The third kappa shape index (κ3) is 5.37. The number of unbranched alkanes of at least 4 members (excludes halogenated alkanes) is 3. The molecule has 5 aliphatic rings. The number of rotatable bonds is 10. The second-order valence-corrected chi connectivity index (χ2v) is 18.6. The summed E-state index contributed by atoms with van der Waals surface area (Å²) in [4.78, 5) is 0. The van der Waals surface area contributed by atoms with Gasteiger partial charge in [0.1, 0.15) is 8.07 Å². The second kappa shape index (κ2) is 12.9. The molecule has 0 nitrogen and oxygen atoms in total. The van der Waals surface area contributed by atoms with Crippen molar-refractivity contribution < 1.29 is 0 Å². The van der Waals surface area contributed by atoms with E-state index in [0.29, 0.717) is 0 Å². The molecule has 1 atom stereocenters. The fourth-order valence-corrected chi connectivity index (χ4v) is 17.3. The number of hydrogen-bond acceptors (Lipinski definition) is 0. The predicted octanol–water partition coefficient (Wildman–Crippen LogP) is 10.7. The van der Waals surface area contributed by atoms with E-state index in [1.165, 1.54) is 128 Å². The highest BCUT2D eigenvalue weighted by molar-refractivity contribution is 7.13. The van der Waals surface area contributed by atoms with Gasteiger partial charge in [0, 0.05) is 0 Å². The van der Waals surface area contributed by atoms with Crippen LogP contribution in [0.3, 0.4) is 0 Å². The van der Waals surface area contributed by atoms with Gasteiger partial charge in [-0.3, -0.25) is 0 Å². The lowest BCUT2D eigenvalue weighted by molar-refractivity contribution is 0.445. The Morgan fingerprint density at radius 2 is 1.33 bits per heavy atom. The van der Waals surface area contributed by atoms with Gasteiger partial charge in [0.25, 0.3) is 0 Å². The lowest BCUT2D eigenvalue weighted by atomic mass is 9.24. The minimum absolute atomic E-state index is 0.901. The number of fused-ring (bicyclic) bond motifs is 4. The van der Waals surface area contributed by atoms with Crippen molar-refractivity contribution in [1.82, 2.24) is 0 Å². The monoisotopic (exact) mass is 538 g/mol. The Bertz CT molecular complexity index is 970. The molecule has 1 aromatic carbocycles. The maximum atomic E-state index is 2.95. The number of hydrogen-bond donors (Lipinski definition) is 0. The molecule has 4 saturated heterocycles. The molecule has 1 aromatic rings. The molecule has 0 saturated carbocycles. The second-order valence-electron chi connectivity index (χ2n) is 14.5. The molecule has 0 radical (unpaired) electrons. The van der Waals surface area contributed by atoms with Crippen molar-refractivity contribution in [2.24, 2.45) is 0 Å². The van der Waals surface area contributed by atoms with Crippen molar-refractivity contribution in [1.29, 1.82) is 0 Å². The standard InChI is InChI=1S/C36H56B2Si/c1-3-5-8-26-36(38-31-19-13-20-32(38)22-14-21-31)39(33-23-9-7-10-24-33)28-27-34(35(39)25-6-4-2)37-29-15-11-16-30(37)18-12-17-29/h7,9-10,23-24,26,29-32H,3-6,8,11-22,25,27-28H2,1-2H3/b36-26+. The molecule has 0 aromatic heterocycles. The topological polar surface area (TPSA) is 0 Å². The molecule has 4 fully saturated rings. The minimum Gasteiger partial charge on any atom is -0.106 e. The lowest BCUT2D eigenvalue weighted by Gasteiger charge is -2.48. The predicted molar refractivity (Wildman–Crippen MR) is 177 cm³/mol. The van der Waals surface area contributed by atoms with E-state index in [0.717, 1.165) is 36.7 Å². The first-order valence-electron chi connectivity index (χ1n) is 17.8. The molecule has 5 aliphatic heterocycles.